The number of nitrogen functional groups attached to an aromatic ring is 1. The molecule has 2 aliphatic carbocycles. The fourth-order valence-electron chi connectivity index (χ4n) is 2.43. The fraction of sp³-hybridized carbons (Fsp3) is 0.278. The summed E-state index contributed by atoms with van der Waals surface area (Å²) in [5.41, 5.74) is 8.71. The highest BCUT2D eigenvalue weighted by Gasteiger charge is 2.28. The summed E-state index contributed by atoms with van der Waals surface area (Å²) < 4.78 is 19.9. The van der Waals surface area contributed by atoms with Gasteiger partial charge < -0.3 is 24.7 Å². The second-order valence-electron chi connectivity index (χ2n) is 5.42. The first kappa shape index (κ1) is 20.8. The molecule has 1 amide bonds. The number of nitrogens with two attached hydrogens (primary N) is 1. The molecule has 28 heavy (non-hydrogen) atoms. The Morgan fingerprint density at radius 1 is 0.929 bits per heavy atom. The van der Waals surface area contributed by atoms with Gasteiger partial charge in [0.05, 0.1) is 19.6 Å². The molecule has 10 heteroatoms. The molecule has 150 valence electrons. The lowest BCUT2D eigenvalue weighted by molar-refractivity contribution is -0.128. The lowest BCUT2D eigenvalue weighted by atomic mass is 10.2. The smallest absolute Gasteiger partial charge is 0.434 e. The maximum absolute atomic E-state index is 11.8. The van der Waals surface area contributed by atoms with E-state index in [9.17, 15) is 14.4 Å². The van der Waals surface area contributed by atoms with Crippen LogP contribution in [0.4, 0.5) is 15.3 Å². The van der Waals surface area contributed by atoms with Crippen LogP contribution in [-0.4, -0.2) is 36.6 Å². The van der Waals surface area contributed by atoms with E-state index < -0.39 is 18.2 Å². The van der Waals surface area contributed by atoms with Gasteiger partial charge in [0, 0.05) is 11.1 Å². The SMILES string of the molecule is CCOC(=O)Oc1c2ccc(CC(=O)NO)ccc-2c(OC(=O)OCC)c1N. The molecule has 4 N–H and O–H groups in total. The molecule has 0 spiro atoms. The molecule has 0 saturated heterocycles. The van der Waals surface area contributed by atoms with Crippen LogP contribution in [0.2, 0.25) is 0 Å². The van der Waals surface area contributed by atoms with Gasteiger partial charge in [-0.3, -0.25) is 10.0 Å². The third-order valence-electron chi connectivity index (χ3n) is 3.58. The number of hydrogen-bond donors (Lipinski definition) is 3. The zero-order chi connectivity index (χ0) is 20.7. The van der Waals surface area contributed by atoms with Crippen LogP contribution in [0.5, 0.6) is 11.5 Å². The average molecular weight is 392 g/mol. The standard InChI is InChI=1S/C18H20N2O8/c1-3-25-17(22)27-15-11-7-5-10(9-13(21)20-24)6-8-12(11)16(14(15)19)28-18(23)26-4-2/h5-8,24H,3-4,9,19H2,1-2H3,(H,20,21). The summed E-state index contributed by atoms with van der Waals surface area (Å²) in [6.45, 7) is 3.42. The van der Waals surface area contributed by atoms with Gasteiger partial charge in [-0.15, -0.1) is 0 Å². The van der Waals surface area contributed by atoms with E-state index in [1.165, 1.54) is 12.1 Å². The van der Waals surface area contributed by atoms with Crippen LogP contribution < -0.4 is 20.7 Å². The van der Waals surface area contributed by atoms with Crippen molar-refractivity contribution in [2.75, 3.05) is 18.9 Å². The van der Waals surface area contributed by atoms with Crippen LogP contribution in [0.1, 0.15) is 19.4 Å². The van der Waals surface area contributed by atoms with Crippen molar-refractivity contribution in [1.82, 2.24) is 5.48 Å². The van der Waals surface area contributed by atoms with Crippen molar-refractivity contribution in [3.05, 3.63) is 29.8 Å². The summed E-state index contributed by atoms with van der Waals surface area (Å²) >= 11 is 0. The molecule has 0 aromatic heterocycles. The highest BCUT2D eigenvalue weighted by molar-refractivity contribution is 5.95. The van der Waals surface area contributed by atoms with E-state index in [0.717, 1.165) is 0 Å². The predicted octanol–water partition coefficient (Wildman–Crippen LogP) is 2.49. The minimum atomic E-state index is -0.977. The van der Waals surface area contributed by atoms with E-state index in [4.69, 9.17) is 29.9 Å². The van der Waals surface area contributed by atoms with E-state index in [-0.39, 0.29) is 36.8 Å². The molecule has 2 aliphatic rings. The number of anilines is 1. The van der Waals surface area contributed by atoms with Gasteiger partial charge in [0.1, 0.15) is 5.69 Å². The lowest BCUT2D eigenvalue weighted by Gasteiger charge is -2.05. The Hall–Kier alpha value is -3.53. The zero-order valence-electron chi connectivity index (χ0n) is 15.3. The summed E-state index contributed by atoms with van der Waals surface area (Å²) in [6, 6.07) is 6.23. The molecular formula is C18H20N2O8. The number of amides is 1. The first-order chi connectivity index (χ1) is 13.4. The lowest BCUT2D eigenvalue weighted by Crippen LogP contribution is -2.20. The van der Waals surface area contributed by atoms with E-state index in [2.05, 4.69) is 0 Å². The summed E-state index contributed by atoms with van der Waals surface area (Å²) in [6.07, 6.45) is -2.06. The fourth-order valence-corrected chi connectivity index (χ4v) is 2.43. The van der Waals surface area contributed by atoms with Crippen LogP contribution in [-0.2, 0) is 20.7 Å². The maximum Gasteiger partial charge on any atom is 0.513 e. The van der Waals surface area contributed by atoms with Crippen LogP contribution in [0.25, 0.3) is 11.1 Å². The third kappa shape index (κ3) is 4.80. The number of hydrogen-bond acceptors (Lipinski definition) is 9. The van der Waals surface area contributed by atoms with E-state index in [0.29, 0.717) is 16.7 Å². The molecule has 0 unspecified atom stereocenters. The Morgan fingerprint density at radius 3 is 1.79 bits per heavy atom. The highest BCUT2D eigenvalue weighted by Crippen LogP contribution is 2.50. The summed E-state index contributed by atoms with van der Waals surface area (Å²) in [4.78, 5) is 34.9. The van der Waals surface area contributed by atoms with Gasteiger partial charge in [-0.1, -0.05) is 24.3 Å². The number of hydroxylamine groups is 1. The van der Waals surface area contributed by atoms with Gasteiger partial charge in [-0.2, -0.15) is 0 Å². The largest absolute Gasteiger partial charge is 0.513 e. The molecule has 10 nitrogen and oxygen atoms in total. The Balaban J connectivity index is 2.52. The predicted molar refractivity (Wildman–Crippen MR) is 96.4 cm³/mol. The van der Waals surface area contributed by atoms with Gasteiger partial charge in [-0.05, 0) is 19.4 Å². The Labute approximate surface area is 160 Å². The van der Waals surface area contributed by atoms with Gasteiger partial charge in [0.15, 0.2) is 11.5 Å². The van der Waals surface area contributed by atoms with Crippen LogP contribution >= 0.6 is 0 Å². The summed E-state index contributed by atoms with van der Waals surface area (Å²) in [5.74, 6) is -0.723. The molecule has 0 aliphatic heterocycles. The van der Waals surface area contributed by atoms with Crippen molar-refractivity contribution in [1.29, 1.82) is 0 Å². The number of ether oxygens (including phenoxy) is 4. The van der Waals surface area contributed by atoms with Gasteiger partial charge in [0.25, 0.3) is 0 Å². The van der Waals surface area contributed by atoms with Crippen molar-refractivity contribution in [2.24, 2.45) is 0 Å². The number of carbonyl (C=O) groups excluding carboxylic acids is 3. The summed E-state index contributed by atoms with van der Waals surface area (Å²) in [5, 5.41) is 8.67. The molecule has 0 aromatic carbocycles. The topological polar surface area (TPSA) is 146 Å². The Morgan fingerprint density at radius 2 is 1.39 bits per heavy atom. The van der Waals surface area contributed by atoms with Gasteiger partial charge >= 0.3 is 12.3 Å². The number of fused-ring (bicyclic) bond motifs is 1. The Bertz CT molecular complexity index is 794. The third-order valence-corrected chi connectivity index (χ3v) is 3.58. The van der Waals surface area contributed by atoms with Gasteiger partial charge in [-0.25, -0.2) is 15.1 Å². The van der Waals surface area contributed by atoms with E-state index in [1.807, 2.05) is 0 Å². The van der Waals surface area contributed by atoms with E-state index in [1.54, 1.807) is 31.5 Å². The zero-order valence-corrected chi connectivity index (χ0v) is 15.3. The highest BCUT2D eigenvalue weighted by atomic mass is 16.7. The van der Waals surface area contributed by atoms with Crippen LogP contribution in [0.15, 0.2) is 24.3 Å². The number of nitrogens with one attached hydrogen (secondary N) is 1. The molecule has 0 heterocycles. The van der Waals surface area contributed by atoms with Crippen LogP contribution in [0.3, 0.4) is 0 Å². The first-order valence-corrected chi connectivity index (χ1v) is 8.37. The second kappa shape index (κ2) is 9.42. The summed E-state index contributed by atoms with van der Waals surface area (Å²) in [7, 11) is 0. The van der Waals surface area contributed by atoms with E-state index >= 15 is 0 Å². The average Bonchev–Trinajstić information content (AvgIpc) is 2.79. The second-order valence-corrected chi connectivity index (χ2v) is 5.42. The normalized spacial score (nSPS) is 10.2. The number of carbonyl (C=O) groups is 3. The van der Waals surface area contributed by atoms with Crippen molar-refractivity contribution in [3.63, 3.8) is 0 Å². The molecule has 2 rings (SSSR count). The monoisotopic (exact) mass is 392 g/mol. The quantitative estimate of drug-likeness (QED) is 0.383. The Kier molecular flexibility index (Phi) is 6.99. The van der Waals surface area contributed by atoms with Crippen molar-refractivity contribution in [2.45, 2.75) is 20.3 Å². The first-order valence-electron chi connectivity index (χ1n) is 8.37. The van der Waals surface area contributed by atoms with Crippen molar-refractivity contribution < 1.29 is 38.5 Å². The van der Waals surface area contributed by atoms with Crippen molar-refractivity contribution in [3.8, 4) is 22.6 Å². The van der Waals surface area contributed by atoms with Crippen LogP contribution in [0, 0.1) is 0 Å². The molecular weight excluding hydrogens is 372 g/mol. The van der Waals surface area contributed by atoms with Crippen molar-refractivity contribution >= 4 is 23.9 Å². The molecule has 0 bridgehead atoms. The maximum atomic E-state index is 11.8. The molecule has 0 fully saturated rings. The van der Waals surface area contributed by atoms with Gasteiger partial charge in [0.2, 0.25) is 5.91 Å². The molecule has 0 atom stereocenters. The minimum absolute atomic E-state index is 0.0542. The molecule has 0 saturated carbocycles. The minimum Gasteiger partial charge on any atom is -0.434 e. The number of rotatable bonds is 6. The molecule has 0 aromatic rings. The molecule has 0 radical (unpaired) electrons.